The number of fused-ring (bicyclic) bond motifs is 2. The first-order chi connectivity index (χ1) is 26.6. The van der Waals surface area contributed by atoms with Gasteiger partial charge in [-0.1, -0.05) is 26.0 Å². The molecule has 3 aliphatic heterocycles. The average molecular weight is 830 g/mol. The minimum Gasteiger partial charge on any atom is -0.404 e. The molecule has 21 nitrogen and oxygen atoms in total. The van der Waals surface area contributed by atoms with Gasteiger partial charge in [-0.2, -0.15) is 0 Å². The molecule has 0 aliphatic carbocycles. The number of hydrogen-bond acceptors (Lipinski definition) is 15. The molecule has 0 saturated carbocycles. The third-order valence-electron chi connectivity index (χ3n) is 10.6. The average Bonchev–Trinajstić information content (AvgIpc) is 3.68. The second kappa shape index (κ2) is 18.7. The van der Waals surface area contributed by atoms with Gasteiger partial charge < -0.3 is 60.9 Å². The Balaban J connectivity index is 1.76. The highest BCUT2D eigenvalue weighted by Gasteiger charge is 2.49. The molecule has 4 rings (SSSR count). The molecule has 3 heterocycles. The Morgan fingerprint density at radius 3 is 1.89 bits per heavy atom. The zero-order chi connectivity index (χ0) is 42.7. The predicted molar refractivity (Wildman–Crippen MR) is 194 cm³/mol. The SMILES string of the molecule is COP(=O)(O)Oc1ccc(C[C@@H](O)[C@@H]2NC(=O)[C@@H]3C[C@@H](O)CN3C(=O)[C@H]([C@@H](C)O)NC(=O)C(C)[C@@H](O)CC(=O)[C@@H]3[C@@H](C)[C@@H](O)CN3C(=O)[C@H]([C@@H](C)O)NC2=O)cc1. The van der Waals surface area contributed by atoms with Gasteiger partial charge in [0, 0.05) is 45.4 Å². The summed E-state index contributed by atoms with van der Waals surface area (Å²) in [7, 11) is -3.45. The number of benzene rings is 1. The molecule has 22 heteroatoms. The fourth-order valence-electron chi connectivity index (χ4n) is 7.12. The highest BCUT2D eigenvalue weighted by molar-refractivity contribution is 7.47. The molecular weight excluding hydrogens is 777 g/mol. The Labute approximate surface area is 327 Å². The van der Waals surface area contributed by atoms with Gasteiger partial charge in [-0.05, 0) is 31.5 Å². The van der Waals surface area contributed by atoms with E-state index in [4.69, 9.17) is 4.52 Å². The lowest BCUT2D eigenvalue weighted by Gasteiger charge is -2.33. The Hall–Kier alpha value is -4.05. The van der Waals surface area contributed by atoms with Crippen LogP contribution in [0.1, 0.15) is 46.1 Å². The number of carbonyl (C=O) groups excluding carboxylic acids is 6. The van der Waals surface area contributed by atoms with E-state index in [-0.39, 0.29) is 18.6 Å². The summed E-state index contributed by atoms with van der Waals surface area (Å²) in [5, 5.41) is 72.2. The summed E-state index contributed by atoms with van der Waals surface area (Å²) in [5.74, 6) is -8.40. The maximum atomic E-state index is 14.1. The van der Waals surface area contributed by atoms with Gasteiger partial charge in [0.05, 0.1) is 48.6 Å². The highest BCUT2D eigenvalue weighted by Crippen LogP contribution is 2.42. The van der Waals surface area contributed by atoms with Gasteiger partial charge in [-0.15, -0.1) is 0 Å². The highest BCUT2D eigenvalue weighted by atomic mass is 31.2. The summed E-state index contributed by atoms with van der Waals surface area (Å²) in [6.45, 7) is 4.19. The summed E-state index contributed by atoms with van der Waals surface area (Å²) in [5.41, 5.74) is 0.308. The quantitative estimate of drug-likeness (QED) is 0.112. The maximum absolute atomic E-state index is 14.1. The van der Waals surface area contributed by atoms with Gasteiger partial charge in [-0.3, -0.25) is 38.2 Å². The third kappa shape index (κ3) is 10.7. The number of nitrogens with one attached hydrogen (secondary N) is 3. The first-order valence-corrected chi connectivity index (χ1v) is 19.9. The van der Waals surface area contributed by atoms with E-state index < -0.39 is 141 Å². The molecule has 3 aliphatic rings. The standard InChI is InChI=1S/C35H52N5O16P/c1-15-26(47)14-40-30(15)25(46)12-23(44)16(2)31(48)36-27(17(3)41)34(51)39-13-20(43)11-22(39)32(49)38-29(33(50)37-28(18(4)42)35(40)52)24(45)10-19-6-8-21(9-7-19)56-57(53,54)55-5/h6-9,15-18,20,22-24,26-30,41-45,47H,10-14H2,1-5H3,(H,36,48)(H,37,50)(H,38,49)(H,53,54)/t15-,16?,17+,18+,20+,22-,23-,24+,26-,27-,28-,29-,30-/m0/s1. The molecule has 1 aromatic rings. The fraction of sp³-hybridized carbons (Fsp3) is 0.657. The van der Waals surface area contributed by atoms with Crippen LogP contribution in [-0.2, 0) is 44.3 Å². The molecule has 3 fully saturated rings. The van der Waals surface area contributed by atoms with Crippen LogP contribution in [0.4, 0.5) is 0 Å². The van der Waals surface area contributed by atoms with Crippen LogP contribution in [0.15, 0.2) is 24.3 Å². The molecule has 57 heavy (non-hydrogen) atoms. The number of carbonyl (C=O) groups is 6. The van der Waals surface area contributed by atoms with Crippen molar-refractivity contribution < 1.29 is 77.9 Å². The number of aliphatic hydroxyl groups excluding tert-OH is 6. The lowest BCUT2D eigenvalue weighted by Crippen LogP contribution is -2.63. The van der Waals surface area contributed by atoms with Crippen molar-refractivity contribution in [2.24, 2.45) is 11.8 Å². The van der Waals surface area contributed by atoms with E-state index in [0.29, 0.717) is 5.56 Å². The molecule has 0 bridgehead atoms. The van der Waals surface area contributed by atoms with E-state index in [1.165, 1.54) is 45.0 Å². The first-order valence-electron chi connectivity index (χ1n) is 18.4. The van der Waals surface area contributed by atoms with Crippen LogP contribution >= 0.6 is 7.82 Å². The van der Waals surface area contributed by atoms with E-state index in [9.17, 15) is 68.9 Å². The van der Waals surface area contributed by atoms with E-state index in [2.05, 4.69) is 20.5 Å². The molecule has 0 radical (unpaired) electrons. The molecule has 0 spiro atoms. The summed E-state index contributed by atoms with van der Waals surface area (Å²) >= 11 is 0. The second-order valence-corrected chi connectivity index (χ2v) is 16.4. The fourth-order valence-corrected chi connectivity index (χ4v) is 7.58. The number of amides is 5. The molecule has 5 amide bonds. The van der Waals surface area contributed by atoms with Gasteiger partial charge in [0.2, 0.25) is 29.5 Å². The van der Waals surface area contributed by atoms with Crippen molar-refractivity contribution in [2.45, 2.75) is 114 Å². The topological polar surface area (TPSA) is 322 Å². The van der Waals surface area contributed by atoms with Gasteiger partial charge in [0.25, 0.3) is 0 Å². The van der Waals surface area contributed by atoms with Gasteiger partial charge in [0.1, 0.15) is 29.9 Å². The van der Waals surface area contributed by atoms with E-state index in [1.807, 2.05) is 0 Å². The van der Waals surface area contributed by atoms with Crippen LogP contribution in [0.3, 0.4) is 0 Å². The smallest absolute Gasteiger partial charge is 0.404 e. The minimum atomic E-state index is -4.41. The van der Waals surface area contributed by atoms with Gasteiger partial charge in [0.15, 0.2) is 5.78 Å². The lowest BCUT2D eigenvalue weighted by atomic mass is 9.90. The number of aliphatic hydroxyl groups is 6. The van der Waals surface area contributed by atoms with Crippen molar-refractivity contribution in [1.82, 2.24) is 25.8 Å². The van der Waals surface area contributed by atoms with Crippen molar-refractivity contribution in [3.8, 4) is 5.75 Å². The van der Waals surface area contributed by atoms with Crippen molar-refractivity contribution in [3.63, 3.8) is 0 Å². The molecule has 0 aromatic heterocycles. The molecule has 318 valence electrons. The lowest BCUT2D eigenvalue weighted by molar-refractivity contribution is -0.146. The zero-order valence-corrected chi connectivity index (χ0v) is 32.9. The Morgan fingerprint density at radius 1 is 0.789 bits per heavy atom. The van der Waals surface area contributed by atoms with E-state index in [1.54, 1.807) is 0 Å². The molecular formula is C35H52N5O16P. The van der Waals surface area contributed by atoms with Gasteiger partial charge in [-0.25, -0.2) is 4.57 Å². The Bertz CT molecular complexity index is 1710. The molecule has 3 saturated heterocycles. The number of ketones is 1. The number of hydrogen-bond donors (Lipinski definition) is 10. The molecule has 2 unspecified atom stereocenters. The normalized spacial score (nSPS) is 33.7. The van der Waals surface area contributed by atoms with Crippen LogP contribution in [0.2, 0.25) is 0 Å². The molecule has 14 atom stereocenters. The van der Waals surface area contributed by atoms with E-state index in [0.717, 1.165) is 23.8 Å². The number of nitrogens with zero attached hydrogens (tertiary/aromatic N) is 2. The van der Waals surface area contributed by atoms with Crippen LogP contribution in [0, 0.1) is 11.8 Å². The van der Waals surface area contributed by atoms with Gasteiger partial charge >= 0.3 is 7.82 Å². The number of rotatable bonds is 8. The summed E-state index contributed by atoms with van der Waals surface area (Å²) < 4.78 is 21.1. The number of phosphoric acid groups is 1. The van der Waals surface area contributed by atoms with Crippen LogP contribution in [-0.4, -0.2) is 168 Å². The van der Waals surface area contributed by atoms with Crippen molar-refractivity contribution in [3.05, 3.63) is 29.8 Å². The Kier molecular flexibility index (Phi) is 15.0. The largest absolute Gasteiger partial charge is 0.527 e. The summed E-state index contributed by atoms with van der Waals surface area (Å²) in [4.78, 5) is 94.4. The van der Waals surface area contributed by atoms with Crippen LogP contribution in [0.25, 0.3) is 0 Å². The monoisotopic (exact) mass is 829 g/mol. The van der Waals surface area contributed by atoms with Crippen LogP contribution < -0.4 is 20.5 Å². The third-order valence-corrected chi connectivity index (χ3v) is 11.5. The molecule has 1 aromatic carbocycles. The number of Topliss-reactive ketones (excluding diaryl/α,β-unsaturated/α-hetero) is 1. The van der Waals surface area contributed by atoms with E-state index >= 15 is 0 Å². The van der Waals surface area contributed by atoms with Crippen molar-refractivity contribution in [2.75, 3.05) is 20.2 Å². The Morgan fingerprint density at radius 2 is 1.33 bits per heavy atom. The number of phosphoric ester groups is 1. The molecule has 10 N–H and O–H groups in total. The second-order valence-electron chi connectivity index (χ2n) is 14.9. The van der Waals surface area contributed by atoms with Crippen LogP contribution in [0.5, 0.6) is 5.75 Å². The summed E-state index contributed by atoms with van der Waals surface area (Å²) in [6.07, 6.45) is -10.7. The first kappa shape index (κ1) is 45.6. The minimum absolute atomic E-state index is 0.0875. The predicted octanol–water partition coefficient (Wildman–Crippen LogP) is -3.93. The van der Waals surface area contributed by atoms with Crippen molar-refractivity contribution >= 4 is 43.1 Å². The maximum Gasteiger partial charge on any atom is 0.527 e. The van der Waals surface area contributed by atoms with Crippen molar-refractivity contribution in [1.29, 1.82) is 0 Å². The summed E-state index contributed by atoms with van der Waals surface area (Å²) in [6, 6.07) is -3.12. The zero-order valence-electron chi connectivity index (χ0n) is 32.0.